The monoisotopic (exact) mass is 785 g/mol. The van der Waals surface area contributed by atoms with Crippen molar-refractivity contribution in [3.63, 3.8) is 0 Å². The van der Waals surface area contributed by atoms with Gasteiger partial charge >= 0.3 is 24.4 Å². The van der Waals surface area contributed by atoms with E-state index < -0.39 is 59.5 Å². The smallest absolute Gasteiger partial charge is 0.434 e. The summed E-state index contributed by atoms with van der Waals surface area (Å²) < 4.78 is 52.0. The number of thiazole rings is 1. The van der Waals surface area contributed by atoms with E-state index >= 15 is 0 Å². The number of halogens is 3. The summed E-state index contributed by atoms with van der Waals surface area (Å²) in [5, 5.41) is 8.15. The first-order valence-corrected chi connectivity index (χ1v) is 17.3. The molecule has 0 aromatic carbocycles. The van der Waals surface area contributed by atoms with Gasteiger partial charge < -0.3 is 20.1 Å². The number of Topliss-reactive ketones (excluding diaryl/α,β-unsaturated/α-hetero) is 1. The number of alkyl carbamates (subject to hydrolysis) is 1. The molecule has 0 saturated heterocycles. The van der Waals surface area contributed by atoms with Crippen molar-refractivity contribution in [1.82, 2.24) is 41.4 Å². The standard InChI is InChI=1S/C35H38F3N9O7S/c1-8-41-30(50)45-27-25(20-10-21(14-40-13-20)28(49)46-47-32(52)54-34(5,6)7)26(29-44-24(17-55-29)35(36,37)38)22(15-42-27)18-9-19(12-39-11-18)23(48)16-43-31(51)53-33(2,3)4/h9-15,17H,8,16H2,1-7H3,(H,43,51)(H,46,49)(H,47,52)(H2,41,42,45,50). The van der Waals surface area contributed by atoms with Gasteiger partial charge in [0, 0.05) is 76.3 Å². The Kier molecular flexibility index (Phi) is 12.8. The summed E-state index contributed by atoms with van der Waals surface area (Å²) in [5.41, 5.74) is 1.79. The highest BCUT2D eigenvalue weighted by Gasteiger charge is 2.35. The first kappa shape index (κ1) is 41.6. The maximum Gasteiger partial charge on any atom is 0.434 e. The number of pyridine rings is 3. The Morgan fingerprint density at radius 1 is 0.764 bits per heavy atom. The van der Waals surface area contributed by atoms with E-state index in [1.165, 1.54) is 43.1 Å². The molecule has 4 aromatic rings. The maximum atomic E-state index is 13.9. The summed E-state index contributed by atoms with van der Waals surface area (Å²) >= 11 is 0.640. The SMILES string of the molecule is CCNC(=O)Nc1ncc(-c2cncc(C(=O)CNC(=O)OC(C)(C)C)c2)c(-c2nc(C(F)(F)F)cs2)c1-c1cncc(C(=O)NNC(=O)OC(C)(C)C)c1. The van der Waals surface area contributed by atoms with Crippen LogP contribution in [0, 0.1) is 0 Å². The molecule has 0 aliphatic heterocycles. The quantitative estimate of drug-likeness (QED) is 0.0929. The fourth-order valence-electron chi connectivity index (χ4n) is 4.65. The van der Waals surface area contributed by atoms with Crippen molar-refractivity contribution < 1.29 is 46.6 Å². The Balaban J connectivity index is 1.88. The van der Waals surface area contributed by atoms with Crippen LogP contribution in [0.3, 0.4) is 0 Å². The van der Waals surface area contributed by atoms with Crippen LogP contribution in [0.2, 0.25) is 0 Å². The first-order valence-electron chi connectivity index (χ1n) is 16.5. The molecule has 20 heteroatoms. The summed E-state index contributed by atoms with van der Waals surface area (Å²) in [4.78, 5) is 80.1. The van der Waals surface area contributed by atoms with Gasteiger partial charge in [-0.05, 0) is 60.6 Å². The van der Waals surface area contributed by atoms with Crippen LogP contribution in [0.25, 0.3) is 32.8 Å². The highest BCUT2D eigenvalue weighted by atomic mass is 32.1. The molecule has 0 aliphatic rings. The Labute approximate surface area is 317 Å². The van der Waals surface area contributed by atoms with Crippen molar-refractivity contribution in [3.05, 3.63) is 65.3 Å². The number of carbonyl (C=O) groups is 5. The molecule has 0 unspecified atom stereocenters. The zero-order valence-corrected chi connectivity index (χ0v) is 31.5. The van der Waals surface area contributed by atoms with Crippen molar-refractivity contribution in [2.75, 3.05) is 18.4 Å². The van der Waals surface area contributed by atoms with Gasteiger partial charge in [0.25, 0.3) is 5.91 Å². The van der Waals surface area contributed by atoms with E-state index in [2.05, 4.69) is 46.7 Å². The number of carbonyl (C=O) groups excluding carboxylic acids is 5. The second-order valence-electron chi connectivity index (χ2n) is 13.6. The normalized spacial score (nSPS) is 11.6. The summed E-state index contributed by atoms with van der Waals surface area (Å²) in [6.45, 7) is 11.3. The predicted molar refractivity (Wildman–Crippen MR) is 195 cm³/mol. The van der Waals surface area contributed by atoms with Crippen LogP contribution in [-0.2, 0) is 15.7 Å². The van der Waals surface area contributed by atoms with E-state index in [-0.39, 0.29) is 56.3 Å². The molecule has 4 aromatic heterocycles. The van der Waals surface area contributed by atoms with E-state index in [4.69, 9.17) is 9.47 Å². The maximum absolute atomic E-state index is 13.9. The van der Waals surface area contributed by atoms with Gasteiger partial charge in [-0.15, -0.1) is 11.3 Å². The van der Waals surface area contributed by atoms with Gasteiger partial charge in [-0.25, -0.2) is 29.8 Å². The number of aromatic nitrogens is 4. The molecular weight excluding hydrogens is 748 g/mol. The van der Waals surface area contributed by atoms with Crippen molar-refractivity contribution in [2.45, 2.75) is 65.8 Å². The van der Waals surface area contributed by atoms with Gasteiger partial charge in [-0.2, -0.15) is 13.2 Å². The molecule has 0 fully saturated rings. The highest BCUT2D eigenvalue weighted by Crippen LogP contribution is 2.45. The number of nitrogens with zero attached hydrogens (tertiary/aromatic N) is 4. The van der Waals surface area contributed by atoms with E-state index in [1.807, 2.05) is 0 Å². The summed E-state index contributed by atoms with van der Waals surface area (Å²) in [7, 11) is 0. The summed E-state index contributed by atoms with van der Waals surface area (Å²) in [6, 6.07) is 2.00. The zero-order valence-electron chi connectivity index (χ0n) is 30.7. The Morgan fingerprint density at radius 2 is 1.38 bits per heavy atom. The Hall–Kier alpha value is -6.18. The number of hydrazine groups is 1. The van der Waals surface area contributed by atoms with Crippen LogP contribution < -0.4 is 26.8 Å². The molecule has 4 rings (SSSR count). The van der Waals surface area contributed by atoms with Gasteiger partial charge in [-0.3, -0.25) is 30.3 Å². The van der Waals surface area contributed by atoms with Gasteiger partial charge in [0.1, 0.15) is 22.0 Å². The molecule has 16 nitrogen and oxygen atoms in total. The van der Waals surface area contributed by atoms with Gasteiger partial charge in [-0.1, -0.05) is 0 Å². The Bertz CT molecular complexity index is 2090. The Morgan fingerprint density at radius 3 is 2.00 bits per heavy atom. The van der Waals surface area contributed by atoms with Gasteiger partial charge in [0.15, 0.2) is 11.5 Å². The number of urea groups is 1. The summed E-state index contributed by atoms with van der Waals surface area (Å²) in [6.07, 6.45) is -0.314. The first-order chi connectivity index (χ1) is 25.6. The minimum Gasteiger partial charge on any atom is -0.444 e. The minimum atomic E-state index is -4.82. The molecule has 5 amide bonds. The number of amides is 5. The number of hydrogen-bond donors (Lipinski definition) is 5. The lowest BCUT2D eigenvalue weighted by molar-refractivity contribution is -0.140. The number of ketones is 1. The molecule has 0 saturated carbocycles. The van der Waals surface area contributed by atoms with Crippen molar-refractivity contribution in [3.8, 4) is 32.8 Å². The molecule has 0 radical (unpaired) electrons. The number of anilines is 1. The van der Waals surface area contributed by atoms with E-state index in [9.17, 15) is 37.1 Å². The number of nitrogens with one attached hydrogen (secondary N) is 5. The summed E-state index contributed by atoms with van der Waals surface area (Å²) in [5.74, 6) is -1.56. The molecule has 4 heterocycles. The fraction of sp³-hybridized carbons (Fsp3) is 0.343. The topological polar surface area (TPSA) is 216 Å². The van der Waals surface area contributed by atoms with Crippen LogP contribution in [0.5, 0.6) is 0 Å². The van der Waals surface area contributed by atoms with Crippen LogP contribution in [0.1, 0.15) is 74.9 Å². The third-order valence-electron chi connectivity index (χ3n) is 6.79. The number of hydrogen-bond acceptors (Lipinski definition) is 12. The average molecular weight is 786 g/mol. The number of ether oxygens (including phenoxy) is 2. The lowest BCUT2D eigenvalue weighted by atomic mass is 9.93. The predicted octanol–water partition coefficient (Wildman–Crippen LogP) is 6.37. The third kappa shape index (κ3) is 11.7. The molecule has 0 bridgehead atoms. The molecule has 55 heavy (non-hydrogen) atoms. The number of alkyl halides is 3. The van der Waals surface area contributed by atoms with Gasteiger partial charge in [0.2, 0.25) is 0 Å². The second-order valence-corrected chi connectivity index (χ2v) is 14.4. The van der Waals surface area contributed by atoms with E-state index in [1.54, 1.807) is 48.5 Å². The van der Waals surface area contributed by atoms with E-state index in [0.29, 0.717) is 11.3 Å². The average Bonchev–Trinajstić information content (AvgIpc) is 3.59. The van der Waals surface area contributed by atoms with Crippen LogP contribution in [0.4, 0.5) is 33.4 Å². The lowest BCUT2D eigenvalue weighted by Gasteiger charge is -2.20. The highest BCUT2D eigenvalue weighted by molar-refractivity contribution is 7.13. The zero-order chi connectivity index (χ0) is 40.7. The second kappa shape index (κ2) is 16.9. The van der Waals surface area contributed by atoms with Crippen LogP contribution in [0.15, 0.2) is 48.5 Å². The largest absolute Gasteiger partial charge is 0.444 e. The molecule has 0 spiro atoms. The van der Waals surface area contributed by atoms with Gasteiger partial charge in [0.05, 0.1) is 12.1 Å². The van der Waals surface area contributed by atoms with Crippen LogP contribution in [-0.4, -0.2) is 74.1 Å². The molecule has 292 valence electrons. The van der Waals surface area contributed by atoms with Crippen molar-refractivity contribution >= 4 is 47.1 Å². The van der Waals surface area contributed by atoms with Crippen molar-refractivity contribution in [1.29, 1.82) is 0 Å². The molecule has 5 N–H and O–H groups in total. The lowest BCUT2D eigenvalue weighted by Crippen LogP contribution is -2.44. The van der Waals surface area contributed by atoms with E-state index in [0.717, 1.165) is 5.38 Å². The number of rotatable bonds is 9. The molecule has 0 aliphatic carbocycles. The van der Waals surface area contributed by atoms with Crippen molar-refractivity contribution in [2.24, 2.45) is 0 Å². The minimum absolute atomic E-state index is 0.00241. The molecular formula is C35H38F3N9O7S. The van der Waals surface area contributed by atoms with Crippen LogP contribution >= 0.6 is 11.3 Å². The fourth-order valence-corrected chi connectivity index (χ4v) is 5.54. The molecule has 0 atom stereocenters. The third-order valence-corrected chi connectivity index (χ3v) is 7.65.